The third-order valence-electron chi connectivity index (χ3n) is 3.48. The second kappa shape index (κ2) is 6.24. The lowest BCUT2D eigenvalue weighted by atomic mass is 10.1. The van der Waals surface area contributed by atoms with E-state index in [2.05, 4.69) is 10.6 Å². The molecule has 0 aromatic rings. The van der Waals surface area contributed by atoms with E-state index in [0.29, 0.717) is 32.7 Å². The molecule has 2 aliphatic heterocycles. The van der Waals surface area contributed by atoms with Crippen molar-refractivity contribution in [3.63, 3.8) is 0 Å². The molecular weight excluding hydrogens is 256 g/mol. The molecule has 18 heavy (non-hydrogen) atoms. The summed E-state index contributed by atoms with van der Waals surface area (Å²) in [5.41, 5.74) is 0. The molecule has 104 valence electrons. The van der Waals surface area contributed by atoms with Crippen molar-refractivity contribution >= 4 is 24.3 Å². The molecule has 0 aliphatic carbocycles. The number of amides is 3. The molecule has 0 radical (unpaired) electrons. The fraction of sp³-hybridized carbons (Fsp3) is 0.818. The highest BCUT2D eigenvalue weighted by atomic mass is 35.5. The van der Waals surface area contributed by atoms with Crippen LogP contribution in [0, 0.1) is 5.92 Å². The normalized spacial score (nSPS) is 24.1. The van der Waals surface area contributed by atoms with E-state index in [1.54, 1.807) is 0 Å². The summed E-state index contributed by atoms with van der Waals surface area (Å²) in [5, 5.41) is 5.83. The minimum Gasteiger partial charge on any atom is -0.339 e. The maximum Gasteiger partial charge on any atom is 0.317 e. The van der Waals surface area contributed by atoms with Gasteiger partial charge in [-0.15, -0.1) is 12.4 Å². The number of carbonyl (C=O) groups excluding carboxylic acids is 2. The van der Waals surface area contributed by atoms with Crippen LogP contribution in [0.15, 0.2) is 0 Å². The van der Waals surface area contributed by atoms with E-state index < -0.39 is 0 Å². The smallest absolute Gasteiger partial charge is 0.317 e. The van der Waals surface area contributed by atoms with Crippen molar-refractivity contribution in [3.8, 4) is 0 Å². The Kier molecular flexibility index (Phi) is 5.22. The molecule has 2 saturated heterocycles. The van der Waals surface area contributed by atoms with Gasteiger partial charge in [0.2, 0.25) is 5.91 Å². The van der Waals surface area contributed by atoms with Crippen molar-refractivity contribution in [1.82, 2.24) is 20.4 Å². The summed E-state index contributed by atoms with van der Waals surface area (Å²) in [6.45, 7) is 5.24. The topological polar surface area (TPSA) is 64.7 Å². The monoisotopic (exact) mass is 276 g/mol. The number of hydrogen-bond acceptors (Lipinski definition) is 3. The first-order valence-corrected chi connectivity index (χ1v) is 6.11. The van der Waals surface area contributed by atoms with Gasteiger partial charge in [0.25, 0.3) is 0 Å². The summed E-state index contributed by atoms with van der Waals surface area (Å²) in [6, 6.07) is 0.160. The SMILES string of the molecule is CNCC(C)C(=O)N1CCN2C(=O)NCC2C1.Cl. The molecule has 2 rings (SSSR count). The van der Waals surface area contributed by atoms with Crippen molar-refractivity contribution in [1.29, 1.82) is 0 Å². The molecular formula is C11H21ClN4O2. The zero-order chi connectivity index (χ0) is 12.4. The van der Waals surface area contributed by atoms with E-state index in [1.165, 1.54) is 0 Å². The molecule has 0 aromatic heterocycles. The molecule has 0 saturated carbocycles. The van der Waals surface area contributed by atoms with Gasteiger partial charge in [-0.05, 0) is 7.05 Å². The largest absolute Gasteiger partial charge is 0.339 e. The minimum absolute atomic E-state index is 0. The summed E-state index contributed by atoms with van der Waals surface area (Å²) in [5.74, 6) is 0.176. The molecule has 0 spiro atoms. The van der Waals surface area contributed by atoms with Crippen LogP contribution in [0.2, 0.25) is 0 Å². The standard InChI is InChI=1S/C11H20N4O2.ClH/c1-8(5-12-2)10(16)14-3-4-15-9(7-14)6-13-11(15)17;/h8-9,12H,3-7H2,1-2H3,(H,13,17);1H. The van der Waals surface area contributed by atoms with E-state index >= 15 is 0 Å². The van der Waals surface area contributed by atoms with Gasteiger partial charge in [-0.2, -0.15) is 0 Å². The fourth-order valence-electron chi connectivity index (χ4n) is 2.51. The first-order valence-electron chi connectivity index (χ1n) is 6.11. The molecule has 6 nitrogen and oxygen atoms in total. The van der Waals surface area contributed by atoms with Gasteiger partial charge in [-0.3, -0.25) is 4.79 Å². The van der Waals surface area contributed by atoms with Crippen LogP contribution in [0.25, 0.3) is 0 Å². The maximum atomic E-state index is 12.1. The summed E-state index contributed by atoms with van der Waals surface area (Å²) in [7, 11) is 1.85. The lowest BCUT2D eigenvalue weighted by Crippen LogP contribution is -2.55. The first-order chi connectivity index (χ1) is 8.13. The second-order valence-electron chi connectivity index (χ2n) is 4.78. The van der Waals surface area contributed by atoms with E-state index in [1.807, 2.05) is 23.8 Å². The van der Waals surface area contributed by atoms with Crippen molar-refractivity contribution in [3.05, 3.63) is 0 Å². The Bertz CT molecular complexity index is 326. The number of halogens is 1. The van der Waals surface area contributed by atoms with Crippen LogP contribution in [0.5, 0.6) is 0 Å². The number of rotatable bonds is 3. The molecule has 0 aromatic carbocycles. The van der Waals surface area contributed by atoms with Gasteiger partial charge < -0.3 is 20.4 Å². The van der Waals surface area contributed by atoms with Crippen LogP contribution in [0.3, 0.4) is 0 Å². The van der Waals surface area contributed by atoms with Crippen LogP contribution < -0.4 is 10.6 Å². The highest BCUT2D eigenvalue weighted by molar-refractivity contribution is 5.85. The van der Waals surface area contributed by atoms with Crippen molar-refractivity contribution in [2.75, 3.05) is 39.8 Å². The number of nitrogens with zero attached hydrogens (tertiary/aromatic N) is 2. The third kappa shape index (κ3) is 2.87. The van der Waals surface area contributed by atoms with Crippen LogP contribution >= 0.6 is 12.4 Å². The Morgan fingerprint density at radius 2 is 2.28 bits per heavy atom. The molecule has 2 heterocycles. The molecule has 2 atom stereocenters. The fourth-order valence-corrected chi connectivity index (χ4v) is 2.51. The minimum atomic E-state index is -0.00314. The van der Waals surface area contributed by atoms with Gasteiger partial charge in [0.1, 0.15) is 0 Å². The second-order valence-corrected chi connectivity index (χ2v) is 4.78. The highest BCUT2D eigenvalue weighted by Crippen LogP contribution is 2.15. The molecule has 7 heteroatoms. The Labute approximate surface area is 113 Å². The lowest BCUT2D eigenvalue weighted by Gasteiger charge is -2.37. The van der Waals surface area contributed by atoms with Gasteiger partial charge >= 0.3 is 6.03 Å². The summed E-state index contributed by atoms with van der Waals surface area (Å²) in [6.07, 6.45) is 0. The first kappa shape index (κ1) is 15.0. The Balaban J connectivity index is 0.00000162. The molecule has 2 fully saturated rings. The lowest BCUT2D eigenvalue weighted by molar-refractivity contribution is -0.137. The average molecular weight is 277 g/mol. The Hall–Kier alpha value is -1.01. The number of piperazine rings is 1. The number of hydrogen-bond donors (Lipinski definition) is 2. The molecule has 2 unspecified atom stereocenters. The van der Waals surface area contributed by atoms with Gasteiger partial charge in [0.15, 0.2) is 0 Å². The number of urea groups is 1. The summed E-state index contributed by atoms with van der Waals surface area (Å²) >= 11 is 0. The van der Waals surface area contributed by atoms with Gasteiger partial charge in [0, 0.05) is 38.6 Å². The van der Waals surface area contributed by atoms with Gasteiger partial charge in [-0.25, -0.2) is 4.79 Å². The van der Waals surface area contributed by atoms with Crippen molar-refractivity contribution < 1.29 is 9.59 Å². The van der Waals surface area contributed by atoms with Crippen LogP contribution in [-0.4, -0.2) is 67.6 Å². The summed E-state index contributed by atoms with van der Waals surface area (Å²) in [4.78, 5) is 27.2. The van der Waals surface area contributed by atoms with Crippen LogP contribution in [0.4, 0.5) is 4.79 Å². The number of carbonyl (C=O) groups is 2. The van der Waals surface area contributed by atoms with Gasteiger partial charge in [-0.1, -0.05) is 6.92 Å². The predicted octanol–water partition coefficient (Wildman–Crippen LogP) is -0.500. The van der Waals surface area contributed by atoms with Gasteiger partial charge in [0.05, 0.1) is 6.04 Å². The van der Waals surface area contributed by atoms with E-state index in [4.69, 9.17) is 0 Å². The third-order valence-corrected chi connectivity index (χ3v) is 3.48. The molecule has 0 bridgehead atoms. The Morgan fingerprint density at radius 1 is 1.56 bits per heavy atom. The van der Waals surface area contributed by atoms with Crippen LogP contribution in [-0.2, 0) is 4.79 Å². The number of fused-ring (bicyclic) bond motifs is 1. The van der Waals surface area contributed by atoms with E-state index in [9.17, 15) is 9.59 Å². The maximum absolute atomic E-state index is 12.1. The predicted molar refractivity (Wildman–Crippen MR) is 70.8 cm³/mol. The molecule has 2 N–H and O–H groups in total. The Morgan fingerprint density at radius 3 is 2.94 bits per heavy atom. The number of nitrogens with one attached hydrogen (secondary N) is 2. The van der Waals surface area contributed by atoms with E-state index in [-0.39, 0.29) is 36.3 Å². The van der Waals surface area contributed by atoms with Crippen LogP contribution in [0.1, 0.15) is 6.92 Å². The zero-order valence-corrected chi connectivity index (χ0v) is 11.6. The quantitative estimate of drug-likeness (QED) is 0.730. The van der Waals surface area contributed by atoms with E-state index in [0.717, 1.165) is 0 Å². The highest BCUT2D eigenvalue weighted by Gasteiger charge is 2.37. The molecule has 3 amide bonds. The van der Waals surface area contributed by atoms with Crippen molar-refractivity contribution in [2.24, 2.45) is 5.92 Å². The summed E-state index contributed by atoms with van der Waals surface area (Å²) < 4.78 is 0. The average Bonchev–Trinajstić information content (AvgIpc) is 2.70. The zero-order valence-electron chi connectivity index (χ0n) is 10.8. The van der Waals surface area contributed by atoms with Crippen molar-refractivity contribution in [2.45, 2.75) is 13.0 Å². The molecule has 2 aliphatic rings.